The fourth-order valence-corrected chi connectivity index (χ4v) is 1.82. The molecule has 1 unspecified atom stereocenters. The standard InChI is InChI=1S/C12H11Cl2N3O2/c1-7(11(18)17-12-15-4-5-16-12)19-10-3-2-8(13)6-9(10)14/h2-7H,1H3,(H2,15,16,17,18). The zero-order valence-electron chi connectivity index (χ0n) is 9.98. The van der Waals surface area contributed by atoms with E-state index in [9.17, 15) is 4.79 Å². The Morgan fingerprint density at radius 2 is 2.26 bits per heavy atom. The van der Waals surface area contributed by atoms with Crippen LogP contribution in [-0.4, -0.2) is 22.0 Å². The first-order chi connectivity index (χ1) is 9.06. The normalized spacial score (nSPS) is 11.9. The molecule has 0 fully saturated rings. The first-order valence-electron chi connectivity index (χ1n) is 5.48. The Bertz CT molecular complexity index is 572. The van der Waals surface area contributed by atoms with Crippen molar-refractivity contribution in [3.63, 3.8) is 0 Å². The Hall–Kier alpha value is -1.72. The molecule has 0 aliphatic heterocycles. The van der Waals surface area contributed by atoms with Gasteiger partial charge in [-0.05, 0) is 25.1 Å². The first kappa shape index (κ1) is 13.7. The number of ether oxygens (including phenoxy) is 1. The number of hydrogen-bond donors (Lipinski definition) is 2. The lowest BCUT2D eigenvalue weighted by Gasteiger charge is -2.14. The summed E-state index contributed by atoms with van der Waals surface area (Å²) in [5, 5.41) is 3.43. The number of H-pyrrole nitrogens is 1. The number of hydrogen-bond acceptors (Lipinski definition) is 3. The molecule has 0 saturated carbocycles. The van der Waals surface area contributed by atoms with Crippen molar-refractivity contribution in [1.29, 1.82) is 0 Å². The van der Waals surface area contributed by atoms with E-state index in [1.807, 2.05) is 0 Å². The van der Waals surface area contributed by atoms with Crippen LogP contribution in [0.15, 0.2) is 30.6 Å². The number of carbonyl (C=O) groups excluding carboxylic acids is 1. The zero-order valence-corrected chi connectivity index (χ0v) is 11.5. The van der Waals surface area contributed by atoms with Gasteiger partial charge in [-0.25, -0.2) is 4.98 Å². The van der Waals surface area contributed by atoms with Crippen molar-refractivity contribution in [3.8, 4) is 5.75 Å². The molecule has 0 aliphatic carbocycles. The number of aromatic amines is 1. The number of halogens is 2. The fraction of sp³-hybridized carbons (Fsp3) is 0.167. The average Bonchev–Trinajstić information content (AvgIpc) is 2.85. The predicted octanol–water partition coefficient (Wildman–Crippen LogP) is 3.12. The molecular weight excluding hydrogens is 289 g/mol. The third-order valence-corrected chi connectivity index (χ3v) is 2.84. The van der Waals surface area contributed by atoms with Crippen LogP contribution in [0.3, 0.4) is 0 Å². The Morgan fingerprint density at radius 3 is 2.89 bits per heavy atom. The lowest BCUT2D eigenvalue weighted by atomic mass is 10.3. The highest BCUT2D eigenvalue weighted by Crippen LogP contribution is 2.28. The van der Waals surface area contributed by atoms with Crippen molar-refractivity contribution in [2.24, 2.45) is 0 Å². The molecule has 1 amide bonds. The average molecular weight is 300 g/mol. The van der Waals surface area contributed by atoms with Crippen LogP contribution >= 0.6 is 23.2 Å². The van der Waals surface area contributed by atoms with Crippen LogP contribution in [0.25, 0.3) is 0 Å². The van der Waals surface area contributed by atoms with E-state index in [0.717, 1.165) is 0 Å². The zero-order chi connectivity index (χ0) is 13.8. The van der Waals surface area contributed by atoms with Gasteiger partial charge in [-0.2, -0.15) is 0 Å². The van der Waals surface area contributed by atoms with Crippen molar-refractivity contribution in [2.45, 2.75) is 13.0 Å². The van der Waals surface area contributed by atoms with Crippen LogP contribution in [0.2, 0.25) is 10.0 Å². The van der Waals surface area contributed by atoms with Gasteiger partial charge in [0.05, 0.1) is 5.02 Å². The highest BCUT2D eigenvalue weighted by atomic mass is 35.5. The van der Waals surface area contributed by atoms with Gasteiger partial charge in [-0.3, -0.25) is 10.1 Å². The van der Waals surface area contributed by atoms with Gasteiger partial charge in [0.15, 0.2) is 6.10 Å². The Morgan fingerprint density at radius 1 is 1.47 bits per heavy atom. The molecule has 1 aromatic heterocycles. The van der Waals surface area contributed by atoms with Gasteiger partial charge in [0.25, 0.3) is 5.91 Å². The topological polar surface area (TPSA) is 67.0 Å². The summed E-state index contributed by atoms with van der Waals surface area (Å²) in [5.41, 5.74) is 0. The maximum absolute atomic E-state index is 11.8. The maximum Gasteiger partial charge on any atom is 0.267 e. The molecule has 1 aromatic carbocycles. The second-order valence-corrected chi connectivity index (χ2v) is 4.61. The number of nitrogens with one attached hydrogen (secondary N) is 2. The second-order valence-electron chi connectivity index (χ2n) is 3.76. The minimum Gasteiger partial charge on any atom is -0.479 e. The molecule has 0 aliphatic rings. The molecule has 19 heavy (non-hydrogen) atoms. The van der Waals surface area contributed by atoms with Gasteiger partial charge in [-0.1, -0.05) is 23.2 Å². The van der Waals surface area contributed by atoms with Crippen LogP contribution in [0.5, 0.6) is 5.75 Å². The third kappa shape index (κ3) is 3.62. The molecule has 0 spiro atoms. The smallest absolute Gasteiger partial charge is 0.267 e. The van der Waals surface area contributed by atoms with Crippen molar-refractivity contribution in [3.05, 3.63) is 40.6 Å². The highest BCUT2D eigenvalue weighted by Gasteiger charge is 2.17. The van der Waals surface area contributed by atoms with Gasteiger partial charge in [-0.15, -0.1) is 0 Å². The molecule has 1 atom stereocenters. The number of aromatic nitrogens is 2. The van der Waals surface area contributed by atoms with Crippen molar-refractivity contribution in [2.75, 3.05) is 5.32 Å². The summed E-state index contributed by atoms with van der Waals surface area (Å²) in [7, 11) is 0. The molecule has 7 heteroatoms. The van der Waals surface area contributed by atoms with Crippen molar-refractivity contribution < 1.29 is 9.53 Å². The van der Waals surface area contributed by atoms with Gasteiger partial charge in [0, 0.05) is 17.4 Å². The molecular formula is C12H11Cl2N3O2. The summed E-state index contributed by atoms with van der Waals surface area (Å²) in [6.07, 6.45) is 2.43. The first-order valence-corrected chi connectivity index (χ1v) is 6.24. The van der Waals surface area contributed by atoms with Gasteiger partial charge < -0.3 is 9.72 Å². The summed E-state index contributed by atoms with van der Waals surface area (Å²) in [6.45, 7) is 1.61. The Kier molecular flexibility index (Phi) is 4.29. The molecule has 2 rings (SSSR count). The second kappa shape index (κ2) is 5.95. The van der Waals surface area contributed by atoms with Crippen LogP contribution in [0, 0.1) is 0 Å². The number of carbonyl (C=O) groups is 1. The van der Waals surface area contributed by atoms with E-state index in [1.165, 1.54) is 6.20 Å². The number of anilines is 1. The Labute approximate surface area is 119 Å². The minimum absolute atomic E-state index is 0.332. The lowest BCUT2D eigenvalue weighted by Crippen LogP contribution is -2.30. The van der Waals surface area contributed by atoms with Crippen LogP contribution in [0.1, 0.15) is 6.92 Å². The molecule has 0 bridgehead atoms. The van der Waals surface area contributed by atoms with E-state index >= 15 is 0 Å². The van der Waals surface area contributed by atoms with E-state index in [4.69, 9.17) is 27.9 Å². The van der Waals surface area contributed by atoms with Gasteiger partial charge in [0.2, 0.25) is 5.95 Å². The van der Waals surface area contributed by atoms with Crippen LogP contribution in [-0.2, 0) is 4.79 Å². The lowest BCUT2D eigenvalue weighted by molar-refractivity contribution is -0.122. The summed E-state index contributed by atoms with van der Waals surface area (Å²) in [4.78, 5) is 18.5. The fourth-order valence-electron chi connectivity index (χ4n) is 1.37. The van der Waals surface area contributed by atoms with E-state index in [0.29, 0.717) is 21.7 Å². The molecule has 100 valence electrons. The van der Waals surface area contributed by atoms with E-state index in [2.05, 4.69) is 15.3 Å². The summed E-state index contributed by atoms with van der Waals surface area (Å²) in [5.74, 6) is 0.428. The number of benzene rings is 1. The SMILES string of the molecule is CC(Oc1ccc(Cl)cc1Cl)C(=O)Nc1ncc[nH]1. The molecule has 2 N–H and O–H groups in total. The van der Waals surface area contributed by atoms with Crippen LogP contribution in [0.4, 0.5) is 5.95 Å². The Balaban J connectivity index is 2.00. The quantitative estimate of drug-likeness (QED) is 0.911. The van der Waals surface area contributed by atoms with E-state index < -0.39 is 6.10 Å². The molecule has 5 nitrogen and oxygen atoms in total. The third-order valence-electron chi connectivity index (χ3n) is 2.31. The summed E-state index contributed by atoms with van der Waals surface area (Å²) in [6, 6.07) is 4.80. The van der Waals surface area contributed by atoms with E-state index in [-0.39, 0.29) is 5.91 Å². The number of rotatable bonds is 4. The largest absolute Gasteiger partial charge is 0.479 e. The minimum atomic E-state index is -0.719. The molecule has 1 heterocycles. The summed E-state index contributed by atoms with van der Waals surface area (Å²) >= 11 is 11.7. The number of imidazole rings is 1. The highest BCUT2D eigenvalue weighted by molar-refractivity contribution is 6.35. The van der Waals surface area contributed by atoms with E-state index in [1.54, 1.807) is 31.3 Å². The molecule has 0 radical (unpaired) electrons. The van der Waals surface area contributed by atoms with Crippen LogP contribution < -0.4 is 10.1 Å². The molecule has 0 saturated heterocycles. The predicted molar refractivity (Wildman–Crippen MR) is 73.8 cm³/mol. The van der Waals surface area contributed by atoms with Crippen molar-refractivity contribution >= 4 is 35.1 Å². The van der Waals surface area contributed by atoms with Crippen molar-refractivity contribution in [1.82, 2.24) is 9.97 Å². The van der Waals surface area contributed by atoms with Gasteiger partial charge >= 0.3 is 0 Å². The monoisotopic (exact) mass is 299 g/mol. The van der Waals surface area contributed by atoms with Gasteiger partial charge in [0.1, 0.15) is 5.75 Å². The molecule has 2 aromatic rings. The number of nitrogens with zero attached hydrogens (tertiary/aromatic N) is 1. The summed E-state index contributed by atoms with van der Waals surface area (Å²) < 4.78 is 5.47. The number of amides is 1. The maximum atomic E-state index is 11.8.